The summed E-state index contributed by atoms with van der Waals surface area (Å²) in [4.78, 5) is 14.0. The molecule has 1 amide bonds. The zero-order valence-electron chi connectivity index (χ0n) is 12.4. The molecule has 6 heteroatoms. The van der Waals surface area contributed by atoms with Crippen LogP contribution in [0, 0.1) is 5.82 Å². The first-order valence-electron chi connectivity index (χ1n) is 7.09. The van der Waals surface area contributed by atoms with Gasteiger partial charge in [-0.25, -0.2) is 4.39 Å². The molecule has 2 rings (SSSR count). The van der Waals surface area contributed by atoms with E-state index in [4.69, 9.17) is 11.6 Å². The molecule has 0 bridgehead atoms. The number of likely N-dealkylation sites (N-methyl/N-ethyl adjacent to an activating group) is 1. The molecule has 1 aromatic heterocycles. The maximum atomic E-state index is 13.7. The van der Waals surface area contributed by atoms with E-state index < -0.39 is 0 Å². The largest absolute Gasteiger partial charge is 0.351 e. The minimum absolute atomic E-state index is 0.0403. The maximum Gasteiger partial charge on any atom is 0.275 e. The van der Waals surface area contributed by atoms with Crippen molar-refractivity contribution in [2.45, 2.75) is 13.0 Å². The average molecular weight is 342 g/mol. The first kappa shape index (κ1) is 16.9. The van der Waals surface area contributed by atoms with Gasteiger partial charge in [0, 0.05) is 11.4 Å². The van der Waals surface area contributed by atoms with Gasteiger partial charge in [0.05, 0.1) is 17.6 Å². The molecular weight excluding hydrogens is 323 g/mol. The number of nitrogens with one attached hydrogen (secondary N) is 2. The number of benzene rings is 1. The first-order chi connectivity index (χ1) is 10.6. The minimum Gasteiger partial charge on any atom is -0.351 e. The molecule has 0 aliphatic rings. The molecular formula is C16H19ClFN2OS+. The lowest BCUT2D eigenvalue weighted by molar-refractivity contribution is -0.885. The number of hydrogen-bond donors (Lipinski definition) is 2. The summed E-state index contributed by atoms with van der Waals surface area (Å²) in [5.41, 5.74) is 0.452. The van der Waals surface area contributed by atoms with Gasteiger partial charge in [-0.2, -0.15) is 0 Å². The molecule has 2 N–H and O–H groups in total. The van der Waals surface area contributed by atoms with Gasteiger partial charge in [-0.15, -0.1) is 11.3 Å². The lowest BCUT2D eigenvalue weighted by atomic mass is 10.2. The van der Waals surface area contributed by atoms with E-state index in [2.05, 4.69) is 5.32 Å². The molecule has 0 aliphatic heterocycles. The lowest BCUT2D eigenvalue weighted by Crippen LogP contribution is -3.09. The summed E-state index contributed by atoms with van der Waals surface area (Å²) in [6, 6.07) is 8.67. The highest BCUT2D eigenvalue weighted by Gasteiger charge is 2.15. The van der Waals surface area contributed by atoms with Crippen molar-refractivity contribution in [3.63, 3.8) is 0 Å². The fourth-order valence-electron chi connectivity index (χ4n) is 2.18. The topological polar surface area (TPSA) is 33.5 Å². The van der Waals surface area contributed by atoms with Crippen LogP contribution >= 0.6 is 22.9 Å². The van der Waals surface area contributed by atoms with Crippen molar-refractivity contribution >= 4 is 28.8 Å². The van der Waals surface area contributed by atoms with E-state index in [1.165, 1.54) is 10.9 Å². The number of carbonyl (C=O) groups excluding carboxylic acids is 1. The smallest absolute Gasteiger partial charge is 0.275 e. The van der Waals surface area contributed by atoms with E-state index >= 15 is 0 Å². The van der Waals surface area contributed by atoms with Crippen LogP contribution in [-0.2, 0) is 17.8 Å². The summed E-state index contributed by atoms with van der Waals surface area (Å²) in [6.07, 6.45) is 0.835. The zero-order chi connectivity index (χ0) is 15.9. The Morgan fingerprint density at radius 3 is 2.86 bits per heavy atom. The fraction of sp³-hybridized carbons (Fsp3) is 0.312. The fourth-order valence-corrected chi connectivity index (χ4v) is 3.12. The van der Waals surface area contributed by atoms with E-state index in [9.17, 15) is 9.18 Å². The van der Waals surface area contributed by atoms with Gasteiger partial charge in [-0.05, 0) is 30.0 Å². The molecule has 3 nitrogen and oxygen atoms in total. The maximum absolute atomic E-state index is 13.7. The van der Waals surface area contributed by atoms with E-state index in [1.54, 1.807) is 23.5 Å². The molecule has 1 atom stereocenters. The van der Waals surface area contributed by atoms with Crippen LogP contribution in [0.4, 0.5) is 4.39 Å². The van der Waals surface area contributed by atoms with Crippen LogP contribution < -0.4 is 10.2 Å². The number of halogens is 2. The Morgan fingerprint density at radius 1 is 1.36 bits per heavy atom. The van der Waals surface area contributed by atoms with Gasteiger partial charge in [0.2, 0.25) is 0 Å². The van der Waals surface area contributed by atoms with Crippen molar-refractivity contribution in [2.24, 2.45) is 0 Å². The molecule has 0 saturated heterocycles. The van der Waals surface area contributed by atoms with Crippen LogP contribution in [0.15, 0.2) is 35.7 Å². The Balaban J connectivity index is 1.76. The third-order valence-electron chi connectivity index (χ3n) is 3.28. The van der Waals surface area contributed by atoms with Crippen molar-refractivity contribution in [1.82, 2.24) is 5.32 Å². The van der Waals surface area contributed by atoms with Crippen LogP contribution in [0.25, 0.3) is 0 Å². The standard InChI is InChI=1S/C16H18ClFN2OS/c1-20(10-13-14(17)5-2-6-15(13)18)11-16(21)19-8-7-12-4-3-9-22-12/h2-6,9H,7-8,10-11H2,1H3,(H,19,21)/p+1. The molecule has 0 radical (unpaired) electrons. The summed E-state index contributed by atoms with van der Waals surface area (Å²) < 4.78 is 13.7. The van der Waals surface area contributed by atoms with Gasteiger partial charge < -0.3 is 10.2 Å². The van der Waals surface area contributed by atoms with E-state index in [0.29, 0.717) is 23.7 Å². The first-order valence-corrected chi connectivity index (χ1v) is 8.35. The average Bonchev–Trinajstić information content (AvgIpc) is 2.96. The number of thiophene rings is 1. The monoisotopic (exact) mass is 341 g/mol. The van der Waals surface area contributed by atoms with Crippen LogP contribution in [0.2, 0.25) is 5.02 Å². The summed E-state index contributed by atoms with van der Waals surface area (Å²) in [6.45, 7) is 1.28. The molecule has 0 aliphatic carbocycles. The van der Waals surface area contributed by atoms with Crippen LogP contribution in [0.1, 0.15) is 10.4 Å². The predicted octanol–water partition coefficient (Wildman–Crippen LogP) is 1.91. The Labute approximate surface area is 138 Å². The van der Waals surface area contributed by atoms with Crippen molar-refractivity contribution in [1.29, 1.82) is 0 Å². The molecule has 1 heterocycles. The van der Waals surface area contributed by atoms with Gasteiger partial charge in [-0.3, -0.25) is 4.79 Å². The van der Waals surface area contributed by atoms with Gasteiger partial charge in [0.1, 0.15) is 12.4 Å². The van der Waals surface area contributed by atoms with E-state index in [1.807, 2.05) is 24.6 Å². The van der Waals surface area contributed by atoms with Crippen molar-refractivity contribution in [3.05, 3.63) is 57.0 Å². The highest BCUT2D eigenvalue weighted by atomic mass is 35.5. The van der Waals surface area contributed by atoms with E-state index in [-0.39, 0.29) is 18.3 Å². The van der Waals surface area contributed by atoms with E-state index in [0.717, 1.165) is 11.3 Å². The summed E-state index contributed by atoms with van der Waals surface area (Å²) >= 11 is 7.68. The number of hydrogen-bond acceptors (Lipinski definition) is 2. The lowest BCUT2D eigenvalue weighted by Gasteiger charge is -2.15. The Hall–Kier alpha value is -1.43. The molecule has 0 fully saturated rings. The van der Waals surface area contributed by atoms with Crippen LogP contribution in [0.5, 0.6) is 0 Å². The minimum atomic E-state index is -0.329. The third kappa shape index (κ3) is 5.09. The van der Waals surface area contributed by atoms with Gasteiger partial charge in [0.25, 0.3) is 5.91 Å². The number of amides is 1. The Morgan fingerprint density at radius 2 is 2.18 bits per heavy atom. The Bertz CT molecular complexity index is 598. The normalized spacial score (nSPS) is 12.1. The summed E-state index contributed by atoms with van der Waals surface area (Å²) in [5.74, 6) is -0.369. The number of quaternary nitrogens is 1. The van der Waals surface area contributed by atoms with Crippen molar-refractivity contribution in [2.75, 3.05) is 20.1 Å². The second-order valence-corrected chi connectivity index (χ2v) is 6.63. The molecule has 1 unspecified atom stereocenters. The van der Waals surface area contributed by atoms with Gasteiger partial charge in [0.15, 0.2) is 6.54 Å². The van der Waals surface area contributed by atoms with Crippen LogP contribution in [-0.4, -0.2) is 26.0 Å². The quantitative estimate of drug-likeness (QED) is 0.792. The van der Waals surface area contributed by atoms with Crippen molar-refractivity contribution in [3.8, 4) is 0 Å². The molecule has 2 aromatic rings. The van der Waals surface area contributed by atoms with Crippen molar-refractivity contribution < 1.29 is 14.1 Å². The molecule has 0 spiro atoms. The highest BCUT2D eigenvalue weighted by Crippen LogP contribution is 2.17. The third-order valence-corrected chi connectivity index (χ3v) is 4.57. The second-order valence-electron chi connectivity index (χ2n) is 5.19. The highest BCUT2D eigenvalue weighted by molar-refractivity contribution is 7.09. The Kier molecular flexibility index (Phi) is 6.36. The molecule has 118 valence electrons. The molecule has 22 heavy (non-hydrogen) atoms. The molecule has 0 saturated carbocycles. The second kappa shape index (κ2) is 8.27. The summed E-state index contributed by atoms with van der Waals surface area (Å²) in [5, 5.41) is 5.31. The SMILES string of the molecule is C[NH+](CC(=O)NCCc1cccs1)Cc1c(F)cccc1Cl. The van der Waals surface area contributed by atoms with Gasteiger partial charge >= 0.3 is 0 Å². The zero-order valence-corrected chi connectivity index (χ0v) is 13.9. The predicted molar refractivity (Wildman–Crippen MR) is 87.9 cm³/mol. The van der Waals surface area contributed by atoms with Crippen LogP contribution in [0.3, 0.4) is 0 Å². The summed E-state index contributed by atoms with van der Waals surface area (Å²) in [7, 11) is 1.85. The number of rotatable bonds is 7. The van der Waals surface area contributed by atoms with Gasteiger partial charge in [-0.1, -0.05) is 23.7 Å². The molecule has 1 aromatic carbocycles. The number of carbonyl (C=O) groups is 1.